The first-order valence-corrected chi connectivity index (χ1v) is 16.6. The number of nitrogens with zero attached hydrogens (tertiary/aromatic N) is 2. The molecule has 0 N–H and O–H groups in total. The predicted octanol–water partition coefficient (Wildman–Crippen LogP) is 10.3. The van der Waals surface area contributed by atoms with Gasteiger partial charge in [0.1, 0.15) is 0 Å². The van der Waals surface area contributed by atoms with Gasteiger partial charge in [0.25, 0.3) is 0 Å². The standard InChI is InChI=1S/C38H28N2S/c1-41(2)37-23-25(39-33-15-7-3-11-27(33)28-12-4-8-16-34(28)39)19-21-31(37)32-22-20-26(24-38(32)41)40-35-17-9-5-13-29(35)30-14-6-10-18-36(30)40/h3-24H,1-2H3. The molecule has 0 bridgehead atoms. The van der Waals surface area contributed by atoms with E-state index in [1.165, 1.54) is 75.9 Å². The Kier molecular flexibility index (Phi) is 4.58. The second-order valence-electron chi connectivity index (χ2n) is 11.4. The zero-order valence-electron chi connectivity index (χ0n) is 23.0. The number of rotatable bonds is 2. The molecule has 0 radical (unpaired) electrons. The van der Waals surface area contributed by atoms with Gasteiger partial charge < -0.3 is 9.13 Å². The van der Waals surface area contributed by atoms with Crippen molar-refractivity contribution in [3.63, 3.8) is 0 Å². The fourth-order valence-corrected chi connectivity index (χ4v) is 9.63. The van der Waals surface area contributed by atoms with Crippen LogP contribution in [0.5, 0.6) is 0 Å². The quantitative estimate of drug-likeness (QED) is 0.205. The third kappa shape index (κ3) is 3.04. The number of benzene rings is 6. The van der Waals surface area contributed by atoms with E-state index in [1.807, 2.05) is 0 Å². The molecule has 3 heteroatoms. The summed E-state index contributed by atoms with van der Waals surface area (Å²) >= 11 is 0. The van der Waals surface area contributed by atoms with Gasteiger partial charge in [-0.2, -0.15) is 10.0 Å². The molecule has 0 atom stereocenters. The normalized spacial score (nSPS) is 14.6. The minimum atomic E-state index is -1.23. The molecule has 0 unspecified atom stereocenters. The third-order valence-corrected chi connectivity index (χ3v) is 11.9. The van der Waals surface area contributed by atoms with Crippen molar-refractivity contribution in [3.8, 4) is 22.5 Å². The van der Waals surface area contributed by atoms with E-state index in [2.05, 4.69) is 155 Å². The first kappa shape index (κ1) is 23.0. The molecular formula is C38H28N2S. The van der Waals surface area contributed by atoms with Crippen molar-refractivity contribution in [1.82, 2.24) is 9.13 Å². The van der Waals surface area contributed by atoms with Gasteiger partial charge in [-0.3, -0.25) is 0 Å². The Morgan fingerprint density at radius 1 is 0.390 bits per heavy atom. The smallest absolute Gasteiger partial charge is 0.0541 e. The second kappa shape index (κ2) is 8.15. The van der Waals surface area contributed by atoms with Crippen LogP contribution in [0, 0.1) is 0 Å². The predicted molar refractivity (Wildman–Crippen MR) is 177 cm³/mol. The van der Waals surface area contributed by atoms with E-state index in [4.69, 9.17) is 0 Å². The summed E-state index contributed by atoms with van der Waals surface area (Å²) < 4.78 is 4.87. The van der Waals surface area contributed by atoms with Crippen LogP contribution in [0.2, 0.25) is 0 Å². The largest absolute Gasteiger partial charge is 0.309 e. The summed E-state index contributed by atoms with van der Waals surface area (Å²) in [5.41, 5.74) is 10.2. The van der Waals surface area contributed by atoms with Crippen LogP contribution in [0.4, 0.5) is 0 Å². The fourth-order valence-electron chi connectivity index (χ4n) is 7.11. The zero-order chi connectivity index (χ0) is 27.3. The summed E-state index contributed by atoms with van der Waals surface area (Å²) in [4.78, 5) is 2.93. The Morgan fingerprint density at radius 3 is 1.05 bits per heavy atom. The van der Waals surface area contributed by atoms with Gasteiger partial charge in [-0.25, -0.2) is 0 Å². The van der Waals surface area contributed by atoms with Gasteiger partial charge in [0.2, 0.25) is 0 Å². The molecule has 0 fully saturated rings. The number of fused-ring (bicyclic) bond motifs is 9. The fraction of sp³-hybridized carbons (Fsp3) is 0.0526. The average molecular weight is 545 g/mol. The molecule has 0 amide bonds. The van der Waals surface area contributed by atoms with Crippen molar-refractivity contribution in [2.75, 3.05) is 12.5 Å². The molecule has 0 aliphatic carbocycles. The van der Waals surface area contributed by atoms with Gasteiger partial charge >= 0.3 is 0 Å². The molecule has 0 saturated carbocycles. The Hall–Kier alpha value is -4.73. The Morgan fingerprint density at radius 2 is 0.707 bits per heavy atom. The highest BCUT2D eigenvalue weighted by atomic mass is 32.3. The Labute approximate surface area is 240 Å². The SMILES string of the molecule is CS1(C)c2cc(-n3c4ccccc4c4ccccc43)ccc2-c2ccc(-n3c4ccccc4c4ccccc43)cc21. The van der Waals surface area contributed by atoms with Gasteiger partial charge in [0.05, 0.1) is 22.1 Å². The van der Waals surface area contributed by atoms with Crippen LogP contribution in [0.1, 0.15) is 0 Å². The summed E-state index contributed by atoms with van der Waals surface area (Å²) in [6.07, 6.45) is 4.92. The van der Waals surface area contributed by atoms with E-state index in [0.29, 0.717) is 0 Å². The molecule has 41 heavy (non-hydrogen) atoms. The number of hydrogen-bond acceptors (Lipinski definition) is 0. The third-order valence-electron chi connectivity index (χ3n) is 9.00. The second-order valence-corrected chi connectivity index (χ2v) is 15.0. The van der Waals surface area contributed by atoms with Crippen molar-refractivity contribution >= 4 is 53.6 Å². The number of para-hydroxylation sites is 4. The highest BCUT2D eigenvalue weighted by molar-refractivity contribution is 8.33. The molecule has 2 nitrogen and oxygen atoms in total. The van der Waals surface area contributed by atoms with Crippen molar-refractivity contribution in [2.24, 2.45) is 0 Å². The molecule has 0 spiro atoms. The van der Waals surface area contributed by atoms with Crippen molar-refractivity contribution in [1.29, 1.82) is 0 Å². The van der Waals surface area contributed by atoms with Crippen molar-refractivity contribution in [2.45, 2.75) is 9.79 Å². The van der Waals surface area contributed by atoms with Gasteiger partial charge in [-0.1, -0.05) is 84.9 Å². The number of aromatic nitrogens is 2. The lowest BCUT2D eigenvalue weighted by Crippen LogP contribution is -1.98. The van der Waals surface area contributed by atoms with Crippen LogP contribution in [0.15, 0.2) is 143 Å². The van der Waals surface area contributed by atoms with E-state index in [9.17, 15) is 0 Å². The van der Waals surface area contributed by atoms with E-state index < -0.39 is 10.0 Å². The topological polar surface area (TPSA) is 9.86 Å². The summed E-state index contributed by atoms with van der Waals surface area (Å²) in [6, 6.07) is 49.3. The monoisotopic (exact) mass is 544 g/mol. The van der Waals surface area contributed by atoms with E-state index in [0.717, 1.165) is 0 Å². The Balaban J connectivity index is 1.24. The summed E-state index contributed by atoms with van der Waals surface area (Å²) in [7, 11) is -1.23. The van der Waals surface area contributed by atoms with Gasteiger partial charge in [-0.05, 0) is 72.2 Å². The van der Waals surface area contributed by atoms with Gasteiger partial charge in [-0.15, -0.1) is 0 Å². The maximum absolute atomic E-state index is 2.46. The van der Waals surface area contributed by atoms with Crippen LogP contribution < -0.4 is 0 Å². The van der Waals surface area contributed by atoms with E-state index in [1.54, 1.807) is 0 Å². The first-order chi connectivity index (χ1) is 20.1. The highest BCUT2D eigenvalue weighted by Crippen LogP contribution is 2.67. The summed E-state index contributed by atoms with van der Waals surface area (Å²) in [5, 5.41) is 5.20. The van der Waals surface area contributed by atoms with Crippen LogP contribution in [0.3, 0.4) is 0 Å². The van der Waals surface area contributed by atoms with Crippen molar-refractivity contribution < 1.29 is 0 Å². The van der Waals surface area contributed by atoms with E-state index in [-0.39, 0.29) is 0 Å². The molecule has 6 aromatic carbocycles. The Bertz CT molecular complexity index is 2080. The zero-order valence-corrected chi connectivity index (χ0v) is 23.8. The molecular weight excluding hydrogens is 516 g/mol. The minimum absolute atomic E-state index is 1.23. The lowest BCUT2D eigenvalue weighted by atomic mass is 10.0. The molecule has 196 valence electrons. The maximum atomic E-state index is 2.46. The lowest BCUT2D eigenvalue weighted by molar-refractivity contribution is 1.16. The molecule has 2 aromatic heterocycles. The maximum Gasteiger partial charge on any atom is 0.0541 e. The van der Waals surface area contributed by atoms with E-state index >= 15 is 0 Å². The molecule has 1 aliphatic rings. The molecule has 3 heterocycles. The molecule has 8 aromatic rings. The van der Waals surface area contributed by atoms with Crippen LogP contribution in [0.25, 0.3) is 66.1 Å². The average Bonchev–Trinajstić information content (AvgIpc) is 3.61. The van der Waals surface area contributed by atoms with Gasteiger partial charge in [0, 0.05) is 42.7 Å². The molecule has 0 saturated heterocycles. The molecule has 1 aliphatic heterocycles. The highest BCUT2D eigenvalue weighted by Gasteiger charge is 2.33. The van der Waals surface area contributed by atoms with Crippen LogP contribution in [-0.4, -0.2) is 21.6 Å². The van der Waals surface area contributed by atoms with Gasteiger partial charge in [0.15, 0.2) is 0 Å². The summed E-state index contributed by atoms with van der Waals surface area (Å²) in [5.74, 6) is 0. The number of hydrogen-bond donors (Lipinski definition) is 0. The summed E-state index contributed by atoms with van der Waals surface area (Å²) in [6.45, 7) is 0. The van der Waals surface area contributed by atoms with Crippen LogP contribution >= 0.6 is 10.0 Å². The molecule has 9 rings (SSSR count). The van der Waals surface area contributed by atoms with Crippen LogP contribution in [-0.2, 0) is 0 Å². The lowest BCUT2D eigenvalue weighted by Gasteiger charge is -2.29. The first-order valence-electron chi connectivity index (χ1n) is 14.1. The minimum Gasteiger partial charge on any atom is -0.309 e. The van der Waals surface area contributed by atoms with Crippen molar-refractivity contribution in [3.05, 3.63) is 133 Å².